The van der Waals surface area contributed by atoms with Crippen LogP contribution < -0.4 is 5.32 Å². The Bertz CT molecular complexity index is 487. The standard InChI is InChI=1S/C16H21FN2O.ClH/c17-13-4-1-3-12(9-13)11-19(15-6-7-15)16(20)10-14-5-2-8-18-14;/h1,3-4,9,14-15,18H,2,5-8,10-11H2;1H. The van der Waals surface area contributed by atoms with E-state index in [0.29, 0.717) is 25.0 Å². The average molecular weight is 313 g/mol. The predicted molar refractivity (Wildman–Crippen MR) is 82.9 cm³/mol. The number of nitrogens with one attached hydrogen (secondary N) is 1. The minimum atomic E-state index is -0.233. The maximum absolute atomic E-state index is 13.2. The first-order valence-electron chi connectivity index (χ1n) is 7.49. The highest BCUT2D eigenvalue weighted by Gasteiger charge is 2.33. The van der Waals surface area contributed by atoms with E-state index in [1.165, 1.54) is 12.1 Å². The first kappa shape index (κ1) is 16.2. The van der Waals surface area contributed by atoms with Gasteiger partial charge in [-0.05, 0) is 49.9 Å². The summed E-state index contributed by atoms with van der Waals surface area (Å²) in [6, 6.07) is 7.26. The molecule has 2 fully saturated rings. The molecule has 1 aliphatic heterocycles. The molecule has 21 heavy (non-hydrogen) atoms. The van der Waals surface area contributed by atoms with Gasteiger partial charge in [0.1, 0.15) is 5.82 Å². The molecule has 0 radical (unpaired) electrons. The van der Waals surface area contributed by atoms with Crippen LogP contribution in [0, 0.1) is 5.82 Å². The van der Waals surface area contributed by atoms with Crippen molar-refractivity contribution < 1.29 is 9.18 Å². The topological polar surface area (TPSA) is 32.3 Å². The molecule has 1 saturated heterocycles. The lowest BCUT2D eigenvalue weighted by Gasteiger charge is -2.24. The third-order valence-corrected chi connectivity index (χ3v) is 4.13. The van der Waals surface area contributed by atoms with E-state index in [-0.39, 0.29) is 24.1 Å². The molecule has 0 aromatic heterocycles. The minimum Gasteiger partial charge on any atom is -0.335 e. The molecule has 1 unspecified atom stereocenters. The Balaban J connectivity index is 0.00000161. The summed E-state index contributed by atoms with van der Waals surface area (Å²) < 4.78 is 13.2. The van der Waals surface area contributed by atoms with E-state index in [2.05, 4.69) is 5.32 Å². The number of halogens is 2. The van der Waals surface area contributed by atoms with Crippen molar-refractivity contribution in [2.45, 2.75) is 50.7 Å². The van der Waals surface area contributed by atoms with E-state index in [0.717, 1.165) is 37.8 Å². The van der Waals surface area contributed by atoms with E-state index in [9.17, 15) is 9.18 Å². The van der Waals surface area contributed by atoms with Gasteiger partial charge in [0, 0.05) is 25.0 Å². The number of carbonyl (C=O) groups is 1. The zero-order valence-electron chi connectivity index (χ0n) is 12.1. The molecule has 0 bridgehead atoms. The van der Waals surface area contributed by atoms with Crippen molar-refractivity contribution in [1.82, 2.24) is 10.2 Å². The van der Waals surface area contributed by atoms with Crippen molar-refractivity contribution >= 4 is 18.3 Å². The van der Waals surface area contributed by atoms with Crippen LogP contribution in [-0.2, 0) is 11.3 Å². The van der Waals surface area contributed by atoms with Crippen LogP contribution in [0.15, 0.2) is 24.3 Å². The van der Waals surface area contributed by atoms with Gasteiger partial charge in [0.15, 0.2) is 0 Å². The summed E-state index contributed by atoms with van der Waals surface area (Å²) in [6.07, 6.45) is 4.99. The molecule has 3 nitrogen and oxygen atoms in total. The van der Waals surface area contributed by atoms with Gasteiger partial charge in [-0.25, -0.2) is 4.39 Å². The predicted octanol–water partition coefficient (Wildman–Crippen LogP) is 2.88. The number of nitrogens with zero attached hydrogens (tertiary/aromatic N) is 1. The second-order valence-corrected chi connectivity index (χ2v) is 5.88. The van der Waals surface area contributed by atoms with Gasteiger partial charge in [-0.15, -0.1) is 12.4 Å². The van der Waals surface area contributed by atoms with E-state index in [1.807, 2.05) is 11.0 Å². The molecule has 1 aromatic carbocycles. The van der Waals surface area contributed by atoms with Gasteiger partial charge >= 0.3 is 0 Å². The van der Waals surface area contributed by atoms with Crippen LogP contribution in [0.25, 0.3) is 0 Å². The first-order chi connectivity index (χ1) is 9.72. The molecule has 1 atom stereocenters. The molecule has 2 aliphatic rings. The second kappa shape index (κ2) is 7.23. The third-order valence-electron chi connectivity index (χ3n) is 4.13. The van der Waals surface area contributed by atoms with Crippen LogP contribution in [0.2, 0.25) is 0 Å². The Hall–Kier alpha value is -1.13. The monoisotopic (exact) mass is 312 g/mol. The molecule has 1 N–H and O–H groups in total. The lowest BCUT2D eigenvalue weighted by atomic mass is 10.1. The number of hydrogen-bond donors (Lipinski definition) is 1. The van der Waals surface area contributed by atoms with Crippen LogP contribution in [0.4, 0.5) is 4.39 Å². The van der Waals surface area contributed by atoms with E-state index in [4.69, 9.17) is 0 Å². The molecule has 3 rings (SSSR count). The molecule has 5 heteroatoms. The Labute approximate surface area is 131 Å². The summed E-state index contributed by atoms with van der Waals surface area (Å²) in [6.45, 7) is 1.55. The van der Waals surface area contributed by atoms with Gasteiger partial charge in [-0.3, -0.25) is 4.79 Å². The van der Waals surface area contributed by atoms with E-state index in [1.54, 1.807) is 6.07 Å². The number of hydrogen-bond acceptors (Lipinski definition) is 2. The second-order valence-electron chi connectivity index (χ2n) is 5.88. The zero-order valence-corrected chi connectivity index (χ0v) is 12.9. The Morgan fingerprint density at radius 1 is 1.33 bits per heavy atom. The van der Waals surface area contributed by atoms with E-state index < -0.39 is 0 Å². The van der Waals surface area contributed by atoms with E-state index >= 15 is 0 Å². The van der Waals surface area contributed by atoms with Gasteiger partial charge in [0.05, 0.1) is 0 Å². The zero-order chi connectivity index (χ0) is 13.9. The van der Waals surface area contributed by atoms with Crippen molar-refractivity contribution in [3.8, 4) is 0 Å². The quantitative estimate of drug-likeness (QED) is 0.906. The largest absolute Gasteiger partial charge is 0.335 e. The molecule has 1 amide bonds. The summed E-state index contributed by atoms with van der Waals surface area (Å²) >= 11 is 0. The summed E-state index contributed by atoms with van der Waals surface area (Å²) in [5, 5.41) is 3.37. The van der Waals surface area contributed by atoms with Crippen molar-refractivity contribution in [1.29, 1.82) is 0 Å². The first-order valence-corrected chi connectivity index (χ1v) is 7.49. The number of carbonyl (C=O) groups excluding carboxylic acids is 1. The Morgan fingerprint density at radius 2 is 2.14 bits per heavy atom. The van der Waals surface area contributed by atoms with Crippen LogP contribution >= 0.6 is 12.4 Å². The molecular weight excluding hydrogens is 291 g/mol. The summed E-state index contributed by atoms with van der Waals surface area (Å²) in [5.74, 6) is -0.0284. The summed E-state index contributed by atoms with van der Waals surface area (Å²) in [7, 11) is 0. The SMILES string of the molecule is Cl.O=C(CC1CCCN1)N(Cc1cccc(F)c1)C1CC1. The Kier molecular flexibility index (Phi) is 5.59. The number of amides is 1. The van der Waals surface area contributed by atoms with Gasteiger partial charge in [-0.2, -0.15) is 0 Å². The van der Waals surface area contributed by atoms with Gasteiger partial charge in [0.2, 0.25) is 5.91 Å². The minimum absolute atomic E-state index is 0. The molecule has 1 heterocycles. The lowest BCUT2D eigenvalue weighted by molar-refractivity contribution is -0.132. The van der Waals surface area contributed by atoms with Gasteiger partial charge < -0.3 is 10.2 Å². The lowest BCUT2D eigenvalue weighted by Crippen LogP contribution is -2.37. The number of rotatable bonds is 5. The van der Waals surface area contributed by atoms with Crippen LogP contribution in [-0.4, -0.2) is 29.4 Å². The maximum atomic E-state index is 13.2. The van der Waals surface area contributed by atoms with Crippen molar-refractivity contribution in [3.63, 3.8) is 0 Å². The molecular formula is C16H22ClFN2O. The molecule has 116 valence electrons. The Morgan fingerprint density at radius 3 is 2.76 bits per heavy atom. The third kappa shape index (κ3) is 4.42. The smallest absolute Gasteiger partial charge is 0.224 e. The molecule has 1 aliphatic carbocycles. The highest BCUT2D eigenvalue weighted by molar-refractivity contribution is 5.85. The van der Waals surface area contributed by atoms with Crippen molar-refractivity contribution in [2.24, 2.45) is 0 Å². The van der Waals surface area contributed by atoms with Crippen LogP contribution in [0.1, 0.15) is 37.7 Å². The normalized spacial score (nSPS) is 20.9. The fourth-order valence-electron chi connectivity index (χ4n) is 2.90. The van der Waals surface area contributed by atoms with Crippen LogP contribution in [0.5, 0.6) is 0 Å². The fourth-order valence-corrected chi connectivity index (χ4v) is 2.90. The molecule has 1 aromatic rings. The van der Waals surface area contributed by atoms with Crippen molar-refractivity contribution in [2.75, 3.05) is 6.54 Å². The van der Waals surface area contributed by atoms with Crippen LogP contribution in [0.3, 0.4) is 0 Å². The summed E-state index contributed by atoms with van der Waals surface area (Å²) in [5.41, 5.74) is 0.879. The highest BCUT2D eigenvalue weighted by atomic mass is 35.5. The molecule has 0 spiro atoms. The summed E-state index contributed by atoms with van der Waals surface area (Å²) in [4.78, 5) is 14.4. The average Bonchev–Trinajstić information content (AvgIpc) is 3.14. The maximum Gasteiger partial charge on any atom is 0.224 e. The number of benzene rings is 1. The highest BCUT2D eigenvalue weighted by Crippen LogP contribution is 2.29. The fraction of sp³-hybridized carbons (Fsp3) is 0.562. The van der Waals surface area contributed by atoms with Gasteiger partial charge in [0.25, 0.3) is 0 Å². The van der Waals surface area contributed by atoms with Gasteiger partial charge in [-0.1, -0.05) is 12.1 Å². The van der Waals surface area contributed by atoms with Crippen molar-refractivity contribution in [3.05, 3.63) is 35.6 Å². The molecule has 1 saturated carbocycles.